The molecule has 0 spiro atoms. The highest BCUT2D eigenvalue weighted by molar-refractivity contribution is 5.96. The van der Waals surface area contributed by atoms with Crippen LogP contribution in [-0.4, -0.2) is 22.6 Å². The predicted octanol–water partition coefficient (Wildman–Crippen LogP) is 2.07. The molecule has 0 aliphatic heterocycles. The van der Waals surface area contributed by atoms with E-state index in [-0.39, 0.29) is 28.2 Å². The Morgan fingerprint density at radius 1 is 1.52 bits per heavy atom. The van der Waals surface area contributed by atoms with Crippen LogP contribution in [0.5, 0.6) is 0 Å². The summed E-state index contributed by atoms with van der Waals surface area (Å²) in [5.74, 6) is -1.64. The van der Waals surface area contributed by atoms with Crippen LogP contribution in [0, 0.1) is 34.2 Å². The van der Waals surface area contributed by atoms with Gasteiger partial charge in [-0.25, -0.2) is 9.18 Å². The summed E-state index contributed by atoms with van der Waals surface area (Å²) in [4.78, 5) is 22.3. The number of hydrogen-bond acceptors (Lipinski definition) is 6. The first-order valence-corrected chi connectivity index (χ1v) is 6.26. The second-order valence-electron chi connectivity index (χ2n) is 4.63. The average Bonchev–Trinajstić information content (AvgIpc) is 2.85. The van der Waals surface area contributed by atoms with E-state index >= 15 is 0 Å². The van der Waals surface area contributed by atoms with Crippen molar-refractivity contribution in [3.63, 3.8) is 0 Å². The zero-order valence-corrected chi connectivity index (χ0v) is 12.2. The first-order valence-electron chi connectivity index (χ1n) is 6.26. The monoisotopic (exact) mass is 318 g/mol. The molecule has 23 heavy (non-hydrogen) atoms. The van der Waals surface area contributed by atoms with Crippen molar-refractivity contribution in [1.29, 1.82) is 5.26 Å². The van der Waals surface area contributed by atoms with Gasteiger partial charge < -0.3 is 15.0 Å². The smallest absolute Gasteiger partial charge is 0.357 e. The van der Waals surface area contributed by atoms with Crippen molar-refractivity contribution in [3.05, 3.63) is 51.1 Å². The van der Waals surface area contributed by atoms with Gasteiger partial charge in [-0.1, -0.05) is 0 Å². The highest BCUT2D eigenvalue weighted by atomic mass is 19.1. The van der Waals surface area contributed by atoms with Gasteiger partial charge in [-0.2, -0.15) is 5.26 Å². The molecule has 0 saturated heterocycles. The van der Waals surface area contributed by atoms with E-state index in [1.54, 1.807) is 6.07 Å². The summed E-state index contributed by atoms with van der Waals surface area (Å²) in [6.07, 6.45) is 1.17. The molecule has 2 rings (SSSR count). The number of aromatic nitrogens is 1. The number of aryl methyl sites for hydroxylation is 1. The number of nitrogens with zero attached hydrogens (tertiary/aromatic N) is 3. The van der Waals surface area contributed by atoms with Gasteiger partial charge in [-0.05, 0) is 18.6 Å². The van der Waals surface area contributed by atoms with Gasteiger partial charge in [0.15, 0.2) is 5.69 Å². The molecule has 0 saturated carbocycles. The van der Waals surface area contributed by atoms with Gasteiger partial charge in [0.2, 0.25) is 0 Å². The molecule has 0 radical (unpaired) electrons. The number of ether oxygens (including phenoxy) is 1. The van der Waals surface area contributed by atoms with Crippen LogP contribution in [0.4, 0.5) is 15.8 Å². The number of esters is 1. The highest BCUT2D eigenvalue weighted by Crippen LogP contribution is 2.31. The first kappa shape index (κ1) is 16.0. The number of nitrogen functional groups attached to an aromatic ring is 1. The molecule has 0 fully saturated rings. The minimum absolute atomic E-state index is 0.0540. The van der Waals surface area contributed by atoms with Crippen LogP contribution in [0.3, 0.4) is 0 Å². The van der Waals surface area contributed by atoms with Crippen LogP contribution in [0.2, 0.25) is 0 Å². The zero-order chi connectivity index (χ0) is 17.3. The molecule has 0 atom stereocenters. The Labute approximate surface area is 129 Å². The van der Waals surface area contributed by atoms with Crippen molar-refractivity contribution in [1.82, 2.24) is 4.57 Å². The number of nitro groups is 1. The van der Waals surface area contributed by atoms with Gasteiger partial charge in [-0.3, -0.25) is 10.1 Å². The summed E-state index contributed by atoms with van der Waals surface area (Å²) < 4.78 is 19.3. The summed E-state index contributed by atoms with van der Waals surface area (Å²) >= 11 is 0. The van der Waals surface area contributed by atoms with Crippen molar-refractivity contribution >= 4 is 17.3 Å². The van der Waals surface area contributed by atoms with Crippen LogP contribution in [0.25, 0.3) is 5.69 Å². The largest absolute Gasteiger partial charge is 0.464 e. The number of nitrogens with two attached hydrogens (primary N) is 1. The topological polar surface area (TPSA) is 124 Å². The van der Waals surface area contributed by atoms with Crippen LogP contribution in [-0.2, 0) is 4.74 Å². The molecule has 118 valence electrons. The summed E-state index contributed by atoms with van der Waals surface area (Å²) in [5.41, 5.74) is 4.74. The summed E-state index contributed by atoms with van der Waals surface area (Å²) in [7, 11) is 1.11. The lowest BCUT2D eigenvalue weighted by molar-refractivity contribution is -0.384. The molecule has 1 aromatic heterocycles. The van der Waals surface area contributed by atoms with Crippen LogP contribution in [0.1, 0.15) is 21.6 Å². The van der Waals surface area contributed by atoms with Crippen LogP contribution < -0.4 is 5.73 Å². The second-order valence-corrected chi connectivity index (χ2v) is 4.63. The number of halogens is 1. The Balaban J connectivity index is 2.87. The first-order chi connectivity index (χ1) is 10.8. The molecule has 9 heteroatoms. The van der Waals surface area contributed by atoms with E-state index in [1.165, 1.54) is 19.2 Å². The highest BCUT2D eigenvalue weighted by Gasteiger charge is 2.26. The van der Waals surface area contributed by atoms with Gasteiger partial charge in [-0.15, -0.1) is 0 Å². The molecular weight excluding hydrogens is 307 g/mol. The van der Waals surface area contributed by atoms with Crippen molar-refractivity contribution < 1.29 is 18.8 Å². The minimum Gasteiger partial charge on any atom is -0.464 e. The fourth-order valence-electron chi connectivity index (χ4n) is 2.10. The molecule has 1 heterocycles. The molecule has 0 unspecified atom stereocenters. The Bertz CT molecular complexity index is 867. The van der Waals surface area contributed by atoms with E-state index in [9.17, 15) is 19.3 Å². The minimum atomic E-state index is -0.875. The average molecular weight is 318 g/mol. The van der Waals surface area contributed by atoms with Crippen molar-refractivity contribution in [3.8, 4) is 11.8 Å². The zero-order valence-electron chi connectivity index (χ0n) is 12.2. The van der Waals surface area contributed by atoms with E-state index < -0.39 is 22.4 Å². The Hall–Kier alpha value is -3.41. The Morgan fingerprint density at radius 2 is 2.17 bits per heavy atom. The third kappa shape index (κ3) is 2.57. The standard InChI is InChI=1S/C14H11FN4O4/c1-7-3-10(11(19(21)22)4-9(7)15)18-6-8(5-16)12(17)13(18)14(20)23-2/h3-4,6H,17H2,1-2H3. The quantitative estimate of drug-likeness (QED) is 0.525. The lowest BCUT2D eigenvalue weighted by Gasteiger charge is -2.10. The third-order valence-electron chi connectivity index (χ3n) is 3.26. The maximum Gasteiger partial charge on any atom is 0.357 e. The number of nitro benzene ring substituents is 1. The van der Waals surface area contributed by atoms with Gasteiger partial charge >= 0.3 is 5.97 Å². The molecule has 0 bridgehead atoms. The fraction of sp³-hybridized carbons (Fsp3) is 0.143. The Morgan fingerprint density at radius 3 is 2.70 bits per heavy atom. The van der Waals surface area contributed by atoms with E-state index in [1.807, 2.05) is 0 Å². The molecule has 2 N–H and O–H groups in total. The number of carbonyl (C=O) groups is 1. The number of carbonyl (C=O) groups excluding carboxylic acids is 1. The van der Waals surface area contributed by atoms with Gasteiger partial charge in [0.25, 0.3) is 5.69 Å². The lowest BCUT2D eigenvalue weighted by Crippen LogP contribution is -2.12. The number of methoxy groups -OCH3 is 1. The van der Waals surface area contributed by atoms with Crippen molar-refractivity contribution in [2.24, 2.45) is 0 Å². The molecule has 0 amide bonds. The summed E-state index contributed by atoms with van der Waals surface area (Å²) in [5, 5.41) is 20.2. The number of rotatable bonds is 3. The fourth-order valence-corrected chi connectivity index (χ4v) is 2.10. The molecule has 2 aromatic rings. The van der Waals surface area contributed by atoms with Gasteiger partial charge in [0.05, 0.1) is 29.4 Å². The molecule has 0 aliphatic carbocycles. The predicted molar refractivity (Wildman–Crippen MR) is 77.6 cm³/mol. The molecule has 1 aromatic carbocycles. The second kappa shape index (κ2) is 5.76. The van der Waals surface area contributed by atoms with E-state index in [0.717, 1.165) is 17.7 Å². The molecule has 8 nitrogen and oxygen atoms in total. The van der Waals surface area contributed by atoms with Crippen molar-refractivity contribution in [2.45, 2.75) is 6.92 Å². The van der Waals surface area contributed by atoms with E-state index in [2.05, 4.69) is 4.74 Å². The number of hydrogen-bond donors (Lipinski definition) is 1. The van der Waals surface area contributed by atoms with Crippen LogP contribution in [0.15, 0.2) is 18.3 Å². The number of benzene rings is 1. The molecular formula is C14H11FN4O4. The SMILES string of the molecule is COC(=O)c1c(N)c(C#N)cn1-c1cc(C)c(F)cc1[N+](=O)[O-]. The summed E-state index contributed by atoms with van der Waals surface area (Å²) in [6, 6.07) is 3.72. The number of anilines is 1. The van der Waals surface area contributed by atoms with Crippen LogP contribution >= 0.6 is 0 Å². The van der Waals surface area contributed by atoms with Gasteiger partial charge in [0.1, 0.15) is 17.6 Å². The number of nitriles is 1. The third-order valence-corrected chi connectivity index (χ3v) is 3.26. The molecule has 0 aliphatic rings. The van der Waals surface area contributed by atoms with Crippen molar-refractivity contribution in [2.75, 3.05) is 12.8 Å². The summed E-state index contributed by atoms with van der Waals surface area (Å²) in [6.45, 7) is 1.42. The van der Waals surface area contributed by atoms with Gasteiger partial charge in [0, 0.05) is 6.20 Å². The normalized spacial score (nSPS) is 10.2. The maximum atomic E-state index is 13.6. The maximum absolute atomic E-state index is 13.6. The van der Waals surface area contributed by atoms with E-state index in [4.69, 9.17) is 11.0 Å². The van der Waals surface area contributed by atoms with E-state index in [0.29, 0.717) is 0 Å². The lowest BCUT2D eigenvalue weighted by atomic mass is 10.1. The Kier molecular flexibility index (Phi) is 4.00.